The lowest BCUT2D eigenvalue weighted by atomic mass is 10.2. The molecule has 0 bridgehead atoms. The Labute approximate surface area is 208 Å². The Kier molecular flexibility index (Phi) is 7.67. The first-order valence-corrected chi connectivity index (χ1v) is 11.7. The van der Waals surface area contributed by atoms with Crippen LogP contribution in [0, 0.1) is 0 Å². The molecule has 2 amide bonds. The van der Waals surface area contributed by atoms with Gasteiger partial charge in [0.25, 0.3) is 5.91 Å². The third kappa shape index (κ3) is 6.26. The molecule has 1 aliphatic heterocycles. The first kappa shape index (κ1) is 24.0. The standard InChI is InChI=1S/C25H25Cl2N5O2/c1-17(33)32-11-9-31(10-12-32)16-22-6-5-18(15-28-22)25(34)30-21-7-8-23(27)24(14-21)29-20-4-2-3-19(26)13-20/h2-8,13-15,29H,9-12,16H2,1H3,(H,30,34). The molecular weight excluding hydrogens is 473 g/mol. The molecule has 176 valence electrons. The van der Waals surface area contributed by atoms with Gasteiger partial charge in [-0.15, -0.1) is 0 Å². The van der Waals surface area contributed by atoms with Crippen molar-refractivity contribution < 1.29 is 9.59 Å². The Balaban J connectivity index is 1.36. The minimum Gasteiger partial charge on any atom is -0.354 e. The Morgan fingerprint density at radius 1 is 0.971 bits per heavy atom. The summed E-state index contributed by atoms with van der Waals surface area (Å²) in [5.41, 5.74) is 3.39. The van der Waals surface area contributed by atoms with Crippen LogP contribution in [0.25, 0.3) is 0 Å². The molecule has 9 heteroatoms. The summed E-state index contributed by atoms with van der Waals surface area (Å²) in [4.78, 5) is 32.8. The first-order valence-electron chi connectivity index (χ1n) is 10.9. The average Bonchev–Trinajstić information content (AvgIpc) is 2.82. The fraction of sp³-hybridized carbons (Fsp3) is 0.240. The van der Waals surface area contributed by atoms with E-state index in [4.69, 9.17) is 23.2 Å². The summed E-state index contributed by atoms with van der Waals surface area (Å²) in [7, 11) is 0. The van der Waals surface area contributed by atoms with Crippen LogP contribution in [0.5, 0.6) is 0 Å². The Morgan fingerprint density at radius 3 is 2.44 bits per heavy atom. The quantitative estimate of drug-likeness (QED) is 0.498. The summed E-state index contributed by atoms with van der Waals surface area (Å²) < 4.78 is 0. The highest BCUT2D eigenvalue weighted by molar-refractivity contribution is 6.33. The number of amides is 2. The van der Waals surface area contributed by atoms with Crippen LogP contribution >= 0.6 is 23.2 Å². The molecule has 0 atom stereocenters. The van der Waals surface area contributed by atoms with E-state index in [0.29, 0.717) is 33.5 Å². The summed E-state index contributed by atoms with van der Waals surface area (Å²) >= 11 is 12.4. The van der Waals surface area contributed by atoms with E-state index in [9.17, 15) is 9.59 Å². The summed E-state index contributed by atoms with van der Waals surface area (Å²) in [5, 5.41) is 7.24. The molecule has 4 rings (SSSR count). The van der Waals surface area contributed by atoms with Crippen molar-refractivity contribution in [1.82, 2.24) is 14.8 Å². The van der Waals surface area contributed by atoms with E-state index in [1.165, 1.54) is 0 Å². The van der Waals surface area contributed by atoms with Crippen molar-refractivity contribution in [2.24, 2.45) is 0 Å². The summed E-state index contributed by atoms with van der Waals surface area (Å²) in [5.74, 6) is -0.147. The summed E-state index contributed by atoms with van der Waals surface area (Å²) in [6, 6.07) is 16.2. The molecule has 1 aliphatic rings. The first-order chi connectivity index (χ1) is 16.4. The number of pyridine rings is 1. The Bertz CT molecular complexity index is 1180. The molecule has 0 unspecified atom stereocenters. The lowest BCUT2D eigenvalue weighted by Gasteiger charge is -2.33. The third-order valence-electron chi connectivity index (χ3n) is 5.62. The van der Waals surface area contributed by atoms with Crippen LogP contribution < -0.4 is 10.6 Å². The summed E-state index contributed by atoms with van der Waals surface area (Å²) in [6.07, 6.45) is 1.58. The zero-order valence-corrected chi connectivity index (χ0v) is 20.2. The predicted molar refractivity (Wildman–Crippen MR) is 136 cm³/mol. The fourth-order valence-corrected chi connectivity index (χ4v) is 4.08. The maximum absolute atomic E-state index is 12.7. The van der Waals surface area contributed by atoms with Gasteiger partial charge >= 0.3 is 0 Å². The molecule has 3 aromatic rings. The Morgan fingerprint density at radius 2 is 1.76 bits per heavy atom. The van der Waals surface area contributed by atoms with E-state index in [1.807, 2.05) is 23.1 Å². The molecule has 0 aliphatic carbocycles. The van der Waals surface area contributed by atoms with Gasteiger partial charge in [-0.2, -0.15) is 0 Å². The highest BCUT2D eigenvalue weighted by Crippen LogP contribution is 2.29. The van der Waals surface area contributed by atoms with Gasteiger partial charge in [0.1, 0.15) is 0 Å². The van der Waals surface area contributed by atoms with Crippen LogP contribution in [0.3, 0.4) is 0 Å². The maximum Gasteiger partial charge on any atom is 0.257 e. The number of halogens is 2. The topological polar surface area (TPSA) is 77.6 Å². The highest BCUT2D eigenvalue weighted by atomic mass is 35.5. The number of carbonyl (C=O) groups excluding carboxylic acids is 2. The molecule has 2 heterocycles. The largest absolute Gasteiger partial charge is 0.354 e. The van der Waals surface area contributed by atoms with E-state index in [0.717, 1.165) is 37.6 Å². The van der Waals surface area contributed by atoms with E-state index in [-0.39, 0.29) is 11.8 Å². The predicted octanol–water partition coefficient (Wildman–Crippen LogP) is 5.05. The van der Waals surface area contributed by atoms with Crippen LogP contribution in [-0.2, 0) is 11.3 Å². The van der Waals surface area contributed by atoms with Gasteiger partial charge in [-0.3, -0.25) is 19.5 Å². The smallest absolute Gasteiger partial charge is 0.257 e. The van der Waals surface area contributed by atoms with Crippen molar-refractivity contribution in [2.45, 2.75) is 13.5 Å². The fourth-order valence-electron chi connectivity index (χ4n) is 3.73. The van der Waals surface area contributed by atoms with Crippen molar-refractivity contribution in [2.75, 3.05) is 36.8 Å². The van der Waals surface area contributed by atoms with Crippen molar-refractivity contribution in [3.05, 3.63) is 82.1 Å². The zero-order valence-electron chi connectivity index (χ0n) is 18.7. The molecule has 1 saturated heterocycles. The van der Waals surface area contributed by atoms with Gasteiger partial charge in [0.05, 0.1) is 22.0 Å². The lowest BCUT2D eigenvalue weighted by Crippen LogP contribution is -2.47. The van der Waals surface area contributed by atoms with Gasteiger partial charge in [0, 0.05) is 62.2 Å². The van der Waals surface area contributed by atoms with E-state index in [1.54, 1.807) is 49.5 Å². The average molecular weight is 498 g/mol. The number of hydrogen-bond donors (Lipinski definition) is 2. The van der Waals surface area contributed by atoms with Crippen molar-refractivity contribution in [1.29, 1.82) is 0 Å². The molecule has 2 aromatic carbocycles. The second-order valence-corrected chi connectivity index (χ2v) is 8.95. The molecule has 2 N–H and O–H groups in total. The van der Waals surface area contributed by atoms with Crippen LogP contribution in [0.2, 0.25) is 10.0 Å². The molecule has 0 saturated carbocycles. The molecule has 34 heavy (non-hydrogen) atoms. The molecule has 7 nitrogen and oxygen atoms in total. The number of carbonyl (C=O) groups is 2. The zero-order chi connectivity index (χ0) is 24.1. The van der Waals surface area contributed by atoms with E-state index < -0.39 is 0 Å². The number of aromatic nitrogens is 1. The van der Waals surface area contributed by atoms with Crippen LogP contribution in [0.4, 0.5) is 17.1 Å². The monoisotopic (exact) mass is 497 g/mol. The third-order valence-corrected chi connectivity index (χ3v) is 6.18. The minimum absolute atomic E-state index is 0.112. The number of rotatable bonds is 6. The molecule has 0 spiro atoms. The molecule has 1 aromatic heterocycles. The molecular formula is C25H25Cl2N5O2. The number of benzene rings is 2. The van der Waals surface area contributed by atoms with Gasteiger partial charge in [0.2, 0.25) is 5.91 Å². The Hall–Kier alpha value is -3.13. The van der Waals surface area contributed by atoms with Crippen molar-refractivity contribution in [3.63, 3.8) is 0 Å². The van der Waals surface area contributed by atoms with Gasteiger partial charge in [-0.05, 0) is 48.5 Å². The lowest BCUT2D eigenvalue weighted by molar-refractivity contribution is -0.130. The van der Waals surface area contributed by atoms with Crippen LogP contribution in [0.15, 0.2) is 60.8 Å². The second-order valence-electron chi connectivity index (χ2n) is 8.10. The van der Waals surface area contributed by atoms with E-state index in [2.05, 4.69) is 20.5 Å². The number of nitrogens with zero attached hydrogens (tertiary/aromatic N) is 3. The normalized spacial score (nSPS) is 14.0. The van der Waals surface area contributed by atoms with Gasteiger partial charge in [0.15, 0.2) is 0 Å². The number of hydrogen-bond acceptors (Lipinski definition) is 5. The second kappa shape index (κ2) is 10.9. The minimum atomic E-state index is -0.259. The van der Waals surface area contributed by atoms with Crippen LogP contribution in [-0.4, -0.2) is 52.8 Å². The highest BCUT2D eigenvalue weighted by Gasteiger charge is 2.19. The van der Waals surface area contributed by atoms with E-state index >= 15 is 0 Å². The van der Waals surface area contributed by atoms with Crippen molar-refractivity contribution >= 4 is 52.1 Å². The van der Waals surface area contributed by atoms with Gasteiger partial charge in [-0.25, -0.2) is 0 Å². The number of anilines is 3. The van der Waals surface area contributed by atoms with Crippen molar-refractivity contribution in [3.8, 4) is 0 Å². The SMILES string of the molecule is CC(=O)N1CCN(Cc2ccc(C(=O)Nc3ccc(Cl)c(Nc4cccc(Cl)c4)c3)cn2)CC1. The number of nitrogens with one attached hydrogen (secondary N) is 2. The van der Waals surface area contributed by atoms with Crippen LogP contribution in [0.1, 0.15) is 23.0 Å². The number of piperazine rings is 1. The van der Waals surface area contributed by atoms with Gasteiger partial charge in [-0.1, -0.05) is 29.3 Å². The molecule has 1 fully saturated rings. The molecule has 0 radical (unpaired) electrons. The van der Waals surface area contributed by atoms with Gasteiger partial charge < -0.3 is 15.5 Å². The summed E-state index contributed by atoms with van der Waals surface area (Å²) in [6.45, 7) is 5.36. The maximum atomic E-state index is 12.7.